The second-order valence-corrected chi connectivity index (χ2v) is 4.34. The van der Waals surface area contributed by atoms with Crippen molar-refractivity contribution in [2.45, 2.75) is 0 Å². The lowest BCUT2D eigenvalue weighted by Crippen LogP contribution is -1.86. The van der Waals surface area contributed by atoms with Gasteiger partial charge in [0.2, 0.25) is 0 Å². The number of pyridine rings is 1. The molecule has 1 aromatic heterocycles. The van der Waals surface area contributed by atoms with Crippen LogP contribution in [0.1, 0.15) is 0 Å². The topological polar surface area (TPSA) is 12.9 Å². The number of benzene rings is 1. The van der Waals surface area contributed by atoms with Gasteiger partial charge in [0.15, 0.2) is 0 Å². The number of hydrogen-bond acceptors (Lipinski definition) is 1. The van der Waals surface area contributed by atoms with Crippen molar-refractivity contribution >= 4 is 57.3 Å². The Morgan fingerprint density at radius 2 is 1.67 bits per heavy atom. The van der Waals surface area contributed by atoms with Gasteiger partial charge in [-0.05, 0) is 12.1 Å². The van der Waals surface area contributed by atoms with Crippen LogP contribution in [-0.2, 0) is 0 Å². The zero-order chi connectivity index (χ0) is 11.2. The highest BCUT2D eigenvalue weighted by Gasteiger charge is 2.12. The van der Waals surface area contributed by atoms with Crippen molar-refractivity contribution in [3.63, 3.8) is 0 Å². The summed E-state index contributed by atoms with van der Waals surface area (Å²) in [6.07, 6.45) is 0. The zero-order valence-corrected chi connectivity index (χ0v) is 10.0. The minimum atomic E-state index is -0.578. The van der Waals surface area contributed by atoms with E-state index in [1.54, 1.807) is 0 Å². The molecule has 0 aliphatic heterocycles. The average Bonchev–Trinajstić information content (AvgIpc) is 2.19. The molecule has 2 aromatic rings. The molecule has 1 aromatic carbocycles. The molecular formula is C9H2Cl4FN. The third-order valence-electron chi connectivity index (χ3n) is 1.87. The van der Waals surface area contributed by atoms with Gasteiger partial charge in [0.25, 0.3) is 0 Å². The SMILES string of the molecule is Fc1cc2c(Cl)c(Cl)c(Cl)nc2cc1Cl. The van der Waals surface area contributed by atoms with Crippen LogP contribution in [0.3, 0.4) is 0 Å². The molecule has 2 rings (SSSR count). The van der Waals surface area contributed by atoms with Crippen molar-refractivity contribution in [2.75, 3.05) is 0 Å². The lowest BCUT2D eigenvalue weighted by molar-refractivity contribution is 0.630. The maximum Gasteiger partial charge on any atom is 0.149 e. The first-order valence-electron chi connectivity index (χ1n) is 3.80. The second-order valence-electron chi connectivity index (χ2n) is 2.81. The molecule has 6 heteroatoms. The third-order valence-corrected chi connectivity index (χ3v) is 3.38. The number of hydrogen-bond donors (Lipinski definition) is 0. The van der Waals surface area contributed by atoms with Gasteiger partial charge in [-0.2, -0.15) is 0 Å². The Bertz CT molecular complexity index is 550. The first kappa shape index (κ1) is 11.2. The summed E-state index contributed by atoms with van der Waals surface area (Å²) in [5.74, 6) is -0.578. The van der Waals surface area contributed by atoms with E-state index in [1.165, 1.54) is 12.1 Å². The van der Waals surface area contributed by atoms with Crippen molar-refractivity contribution in [3.8, 4) is 0 Å². The minimum absolute atomic E-state index is 0.0375. The number of fused-ring (bicyclic) bond motifs is 1. The molecule has 0 saturated heterocycles. The molecule has 0 saturated carbocycles. The van der Waals surface area contributed by atoms with Crippen molar-refractivity contribution in [1.82, 2.24) is 4.98 Å². The predicted molar refractivity (Wildman–Crippen MR) is 61.7 cm³/mol. The molecule has 0 aliphatic rings. The summed E-state index contributed by atoms with van der Waals surface area (Å²) >= 11 is 23.0. The Balaban J connectivity index is 2.93. The van der Waals surface area contributed by atoms with E-state index in [0.29, 0.717) is 10.9 Å². The standard InChI is InChI=1S/C9H2Cl4FN/c10-4-2-6-3(1-5(4)14)7(11)8(12)9(13)15-6/h1-2H. The van der Waals surface area contributed by atoms with Crippen LogP contribution >= 0.6 is 46.4 Å². The van der Waals surface area contributed by atoms with Crippen molar-refractivity contribution in [1.29, 1.82) is 0 Å². The van der Waals surface area contributed by atoms with E-state index in [-0.39, 0.29) is 20.2 Å². The van der Waals surface area contributed by atoms with E-state index in [2.05, 4.69) is 4.98 Å². The Hall–Kier alpha value is -0.280. The van der Waals surface area contributed by atoms with Gasteiger partial charge in [0.1, 0.15) is 11.0 Å². The van der Waals surface area contributed by atoms with Crippen LogP contribution < -0.4 is 0 Å². The molecule has 0 bridgehead atoms. The smallest absolute Gasteiger partial charge is 0.149 e. The highest BCUT2D eigenvalue weighted by molar-refractivity contribution is 6.49. The van der Waals surface area contributed by atoms with E-state index in [1.807, 2.05) is 0 Å². The molecule has 0 fully saturated rings. The molecule has 0 spiro atoms. The first-order valence-corrected chi connectivity index (χ1v) is 5.31. The highest BCUT2D eigenvalue weighted by atomic mass is 35.5. The molecule has 0 atom stereocenters. The van der Waals surface area contributed by atoms with Gasteiger partial charge in [-0.3, -0.25) is 0 Å². The summed E-state index contributed by atoms with van der Waals surface area (Å²) in [5.41, 5.74) is 0.404. The predicted octanol–water partition coefficient (Wildman–Crippen LogP) is 4.99. The molecule has 0 aliphatic carbocycles. The third kappa shape index (κ3) is 1.87. The Morgan fingerprint density at radius 3 is 2.33 bits per heavy atom. The summed E-state index contributed by atoms with van der Waals surface area (Å²) in [6, 6.07) is 2.52. The highest BCUT2D eigenvalue weighted by Crippen LogP contribution is 2.36. The summed E-state index contributed by atoms with van der Waals surface area (Å²) < 4.78 is 13.2. The molecule has 0 unspecified atom stereocenters. The van der Waals surface area contributed by atoms with Gasteiger partial charge in [0.05, 0.1) is 20.6 Å². The van der Waals surface area contributed by atoms with Gasteiger partial charge < -0.3 is 0 Å². The largest absolute Gasteiger partial charge is 0.234 e. The van der Waals surface area contributed by atoms with Crippen LogP contribution in [0.5, 0.6) is 0 Å². The first-order chi connectivity index (χ1) is 7.00. The van der Waals surface area contributed by atoms with Gasteiger partial charge in [-0.25, -0.2) is 9.37 Å². The van der Waals surface area contributed by atoms with Crippen LogP contribution in [0.2, 0.25) is 20.2 Å². The Labute approximate surface area is 105 Å². The fourth-order valence-electron chi connectivity index (χ4n) is 1.17. The monoisotopic (exact) mass is 283 g/mol. The number of aromatic nitrogens is 1. The fraction of sp³-hybridized carbons (Fsp3) is 0. The van der Waals surface area contributed by atoms with Gasteiger partial charge in [-0.1, -0.05) is 46.4 Å². The molecule has 0 radical (unpaired) electrons. The Kier molecular flexibility index (Phi) is 2.95. The Morgan fingerprint density at radius 1 is 1.00 bits per heavy atom. The fourth-order valence-corrected chi connectivity index (χ4v) is 1.95. The minimum Gasteiger partial charge on any atom is -0.234 e. The molecule has 0 amide bonds. The summed E-state index contributed by atoms with van der Waals surface area (Å²) in [6.45, 7) is 0. The zero-order valence-electron chi connectivity index (χ0n) is 6.99. The van der Waals surface area contributed by atoms with Crippen LogP contribution in [0.15, 0.2) is 12.1 Å². The van der Waals surface area contributed by atoms with E-state index >= 15 is 0 Å². The van der Waals surface area contributed by atoms with Gasteiger partial charge in [-0.15, -0.1) is 0 Å². The van der Waals surface area contributed by atoms with Gasteiger partial charge in [0, 0.05) is 5.39 Å². The van der Waals surface area contributed by atoms with E-state index < -0.39 is 5.82 Å². The number of nitrogens with zero attached hydrogens (tertiary/aromatic N) is 1. The summed E-state index contributed by atoms with van der Waals surface area (Å²) in [5, 5.41) is 0.684. The lowest BCUT2D eigenvalue weighted by atomic mass is 10.2. The van der Waals surface area contributed by atoms with Crippen molar-refractivity contribution < 1.29 is 4.39 Å². The summed E-state index contributed by atoms with van der Waals surface area (Å²) in [7, 11) is 0. The molecule has 1 nitrogen and oxygen atoms in total. The number of halogens is 5. The number of rotatable bonds is 0. The molecule has 78 valence electrons. The summed E-state index contributed by atoms with van der Waals surface area (Å²) in [4.78, 5) is 3.94. The van der Waals surface area contributed by atoms with Gasteiger partial charge >= 0.3 is 0 Å². The molecule has 0 N–H and O–H groups in total. The molecular weight excluding hydrogens is 283 g/mol. The quantitative estimate of drug-likeness (QED) is 0.621. The maximum atomic E-state index is 13.2. The van der Waals surface area contributed by atoms with Crippen LogP contribution in [0, 0.1) is 5.82 Å². The van der Waals surface area contributed by atoms with Crippen LogP contribution in [0.4, 0.5) is 4.39 Å². The van der Waals surface area contributed by atoms with E-state index in [0.717, 1.165) is 0 Å². The average molecular weight is 285 g/mol. The lowest BCUT2D eigenvalue weighted by Gasteiger charge is -2.05. The van der Waals surface area contributed by atoms with Crippen molar-refractivity contribution in [3.05, 3.63) is 38.2 Å². The van der Waals surface area contributed by atoms with Crippen LogP contribution in [-0.4, -0.2) is 4.98 Å². The van der Waals surface area contributed by atoms with Crippen LogP contribution in [0.25, 0.3) is 10.9 Å². The molecule has 1 heterocycles. The molecule has 15 heavy (non-hydrogen) atoms. The van der Waals surface area contributed by atoms with E-state index in [9.17, 15) is 4.39 Å². The second kappa shape index (κ2) is 3.95. The normalized spacial score (nSPS) is 11.0. The maximum absolute atomic E-state index is 13.2. The van der Waals surface area contributed by atoms with Crippen molar-refractivity contribution in [2.24, 2.45) is 0 Å². The van der Waals surface area contributed by atoms with E-state index in [4.69, 9.17) is 46.4 Å².